The predicted molar refractivity (Wildman–Crippen MR) is 90.4 cm³/mol. The van der Waals surface area contributed by atoms with E-state index in [0.29, 0.717) is 19.5 Å². The molecule has 0 spiro atoms. The minimum Gasteiger partial charge on any atom is -0.369 e. The number of carbonyl (C=O) groups excluding carboxylic acids is 1. The summed E-state index contributed by atoms with van der Waals surface area (Å²) >= 11 is 0. The summed E-state index contributed by atoms with van der Waals surface area (Å²) in [6, 6.07) is 0. The molecule has 0 aromatic carbocycles. The Labute approximate surface area is 139 Å². The first-order valence-corrected chi connectivity index (χ1v) is 10.2. The fraction of sp³-hybridized carbons (Fsp3) is 0.933. The second kappa shape index (κ2) is 8.41. The van der Waals surface area contributed by atoms with Crippen molar-refractivity contribution in [2.45, 2.75) is 26.2 Å². The Morgan fingerprint density at radius 3 is 2.17 bits per heavy atom. The summed E-state index contributed by atoms with van der Waals surface area (Å²) in [5, 5.41) is 0. The zero-order valence-electron chi connectivity index (χ0n) is 14.1. The van der Waals surface area contributed by atoms with Gasteiger partial charge in [-0.3, -0.25) is 4.79 Å². The van der Waals surface area contributed by atoms with Gasteiger partial charge in [0.05, 0.1) is 5.75 Å². The number of sulfonamides is 1. The van der Waals surface area contributed by atoms with Gasteiger partial charge in [0.25, 0.3) is 0 Å². The smallest absolute Gasteiger partial charge is 0.220 e. The number of amides is 1. The summed E-state index contributed by atoms with van der Waals surface area (Å²) in [5.74, 6) is -0.00204. The van der Waals surface area contributed by atoms with Crippen molar-refractivity contribution in [1.29, 1.82) is 0 Å². The van der Waals surface area contributed by atoms with Crippen LogP contribution < -0.4 is 5.73 Å². The van der Waals surface area contributed by atoms with Crippen molar-refractivity contribution in [2.24, 2.45) is 11.7 Å². The lowest BCUT2D eigenvalue weighted by atomic mass is 9.96. The van der Waals surface area contributed by atoms with Crippen LogP contribution in [-0.2, 0) is 14.8 Å². The molecule has 8 heteroatoms. The molecule has 0 aromatic heterocycles. The Hall–Kier alpha value is -0.700. The largest absolute Gasteiger partial charge is 0.369 e. The minimum atomic E-state index is -3.13. The van der Waals surface area contributed by atoms with Gasteiger partial charge in [0.1, 0.15) is 0 Å². The minimum absolute atomic E-state index is 0.00940. The van der Waals surface area contributed by atoms with E-state index in [9.17, 15) is 13.2 Å². The SMILES string of the molecule is CCN1CCN(S(=O)(=O)CCCN2CCC(C(N)=O)CC2)CC1. The quantitative estimate of drug-likeness (QED) is 0.674. The van der Waals surface area contributed by atoms with E-state index < -0.39 is 10.0 Å². The van der Waals surface area contributed by atoms with Gasteiger partial charge in [0.2, 0.25) is 15.9 Å². The van der Waals surface area contributed by atoms with Crippen LogP contribution in [0, 0.1) is 5.92 Å². The van der Waals surface area contributed by atoms with Crippen LogP contribution in [0.1, 0.15) is 26.2 Å². The van der Waals surface area contributed by atoms with E-state index >= 15 is 0 Å². The summed E-state index contributed by atoms with van der Waals surface area (Å²) in [7, 11) is -3.13. The Bertz CT molecular complexity index is 481. The highest BCUT2D eigenvalue weighted by Gasteiger charge is 2.27. The number of hydrogen-bond donors (Lipinski definition) is 1. The summed E-state index contributed by atoms with van der Waals surface area (Å²) < 4.78 is 26.4. The number of piperidine rings is 1. The van der Waals surface area contributed by atoms with Crippen LogP contribution in [0.4, 0.5) is 0 Å². The molecule has 1 amide bonds. The van der Waals surface area contributed by atoms with Gasteiger partial charge in [-0.05, 0) is 45.4 Å². The number of primary amides is 1. The van der Waals surface area contributed by atoms with Crippen LogP contribution >= 0.6 is 0 Å². The Balaban J connectivity index is 1.68. The molecule has 0 radical (unpaired) electrons. The summed E-state index contributed by atoms with van der Waals surface area (Å²) in [5.41, 5.74) is 5.33. The lowest BCUT2D eigenvalue weighted by Crippen LogP contribution is -2.49. The second-order valence-electron chi connectivity index (χ2n) is 6.52. The lowest BCUT2D eigenvalue weighted by Gasteiger charge is -2.33. The van der Waals surface area contributed by atoms with Crippen LogP contribution in [-0.4, -0.2) is 86.5 Å². The molecule has 0 unspecified atom stereocenters. The van der Waals surface area contributed by atoms with Gasteiger partial charge in [-0.25, -0.2) is 8.42 Å². The van der Waals surface area contributed by atoms with Crippen molar-refractivity contribution in [1.82, 2.24) is 14.1 Å². The molecule has 2 aliphatic heterocycles. The van der Waals surface area contributed by atoms with Crippen molar-refractivity contribution in [2.75, 3.05) is 58.1 Å². The highest BCUT2D eigenvalue weighted by molar-refractivity contribution is 7.89. The Kier molecular flexibility index (Phi) is 6.82. The van der Waals surface area contributed by atoms with Crippen molar-refractivity contribution >= 4 is 15.9 Å². The van der Waals surface area contributed by atoms with Crippen molar-refractivity contribution in [3.63, 3.8) is 0 Å². The number of carbonyl (C=O) groups is 1. The van der Waals surface area contributed by atoms with E-state index in [2.05, 4.69) is 16.7 Å². The van der Waals surface area contributed by atoms with E-state index in [0.717, 1.165) is 52.1 Å². The van der Waals surface area contributed by atoms with E-state index in [1.54, 1.807) is 4.31 Å². The zero-order chi connectivity index (χ0) is 16.9. The van der Waals surface area contributed by atoms with E-state index in [1.807, 2.05) is 0 Å². The molecule has 7 nitrogen and oxygen atoms in total. The third kappa shape index (κ3) is 5.41. The fourth-order valence-corrected chi connectivity index (χ4v) is 4.84. The number of hydrogen-bond acceptors (Lipinski definition) is 5. The fourth-order valence-electron chi connectivity index (χ4n) is 3.36. The monoisotopic (exact) mass is 346 g/mol. The molecule has 2 N–H and O–H groups in total. The van der Waals surface area contributed by atoms with Gasteiger partial charge < -0.3 is 15.5 Å². The summed E-state index contributed by atoms with van der Waals surface area (Å²) in [6.07, 6.45) is 2.24. The molecule has 0 bridgehead atoms. The standard InChI is InChI=1S/C15H30N4O3S/c1-2-17-9-11-19(12-10-17)23(21,22)13-3-6-18-7-4-14(5-8-18)15(16)20/h14H,2-13H2,1H3,(H2,16,20). The molecular weight excluding hydrogens is 316 g/mol. The van der Waals surface area contributed by atoms with E-state index in [1.165, 1.54) is 0 Å². The molecule has 2 fully saturated rings. The second-order valence-corrected chi connectivity index (χ2v) is 8.61. The predicted octanol–water partition coefficient (Wildman–Crippen LogP) is -0.459. The Morgan fingerprint density at radius 2 is 1.65 bits per heavy atom. The zero-order valence-corrected chi connectivity index (χ0v) is 14.9. The first kappa shape index (κ1) is 18.6. The highest BCUT2D eigenvalue weighted by Crippen LogP contribution is 2.17. The van der Waals surface area contributed by atoms with Crippen molar-refractivity contribution in [3.8, 4) is 0 Å². The first-order chi connectivity index (χ1) is 10.9. The van der Waals surface area contributed by atoms with Gasteiger partial charge >= 0.3 is 0 Å². The van der Waals surface area contributed by atoms with Crippen LogP contribution in [0.5, 0.6) is 0 Å². The molecular formula is C15H30N4O3S. The van der Waals surface area contributed by atoms with E-state index in [4.69, 9.17) is 5.73 Å². The van der Waals surface area contributed by atoms with Gasteiger partial charge in [0, 0.05) is 32.1 Å². The molecule has 2 aliphatic rings. The molecule has 0 aromatic rings. The van der Waals surface area contributed by atoms with E-state index in [-0.39, 0.29) is 17.6 Å². The number of rotatable bonds is 7. The molecule has 2 saturated heterocycles. The van der Waals surface area contributed by atoms with Gasteiger partial charge in [-0.1, -0.05) is 6.92 Å². The first-order valence-electron chi connectivity index (χ1n) is 8.64. The molecule has 2 heterocycles. The maximum Gasteiger partial charge on any atom is 0.220 e. The maximum absolute atomic E-state index is 12.4. The highest BCUT2D eigenvalue weighted by atomic mass is 32.2. The average molecular weight is 346 g/mol. The van der Waals surface area contributed by atoms with Crippen LogP contribution in [0.3, 0.4) is 0 Å². The van der Waals surface area contributed by atoms with Crippen LogP contribution in [0.25, 0.3) is 0 Å². The number of likely N-dealkylation sites (N-methyl/N-ethyl adjacent to an activating group) is 1. The Morgan fingerprint density at radius 1 is 1.04 bits per heavy atom. The molecule has 134 valence electrons. The van der Waals surface area contributed by atoms with Crippen molar-refractivity contribution in [3.05, 3.63) is 0 Å². The molecule has 0 saturated carbocycles. The average Bonchev–Trinajstić information content (AvgIpc) is 2.55. The molecule has 0 aliphatic carbocycles. The summed E-state index contributed by atoms with van der Waals surface area (Å²) in [4.78, 5) is 15.7. The van der Waals surface area contributed by atoms with Gasteiger partial charge in [0.15, 0.2) is 0 Å². The van der Waals surface area contributed by atoms with Gasteiger partial charge in [-0.15, -0.1) is 0 Å². The van der Waals surface area contributed by atoms with Crippen LogP contribution in [0.2, 0.25) is 0 Å². The number of nitrogens with zero attached hydrogens (tertiary/aromatic N) is 3. The van der Waals surface area contributed by atoms with Crippen LogP contribution in [0.15, 0.2) is 0 Å². The third-order valence-corrected chi connectivity index (χ3v) is 6.99. The number of nitrogens with two attached hydrogens (primary N) is 1. The molecule has 0 atom stereocenters. The van der Waals surface area contributed by atoms with Gasteiger partial charge in [-0.2, -0.15) is 4.31 Å². The normalized spacial score (nSPS) is 23.2. The molecule has 23 heavy (non-hydrogen) atoms. The molecule has 2 rings (SSSR count). The summed E-state index contributed by atoms with van der Waals surface area (Å²) in [6.45, 7) is 8.42. The number of piperazine rings is 1. The topological polar surface area (TPSA) is 87.0 Å². The maximum atomic E-state index is 12.4. The number of likely N-dealkylation sites (tertiary alicyclic amines) is 1. The third-order valence-electron chi connectivity index (χ3n) is 5.04. The van der Waals surface area contributed by atoms with Crippen molar-refractivity contribution < 1.29 is 13.2 Å². The lowest BCUT2D eigenvalue weighted by molar-refractivity contribution is -0.123.